The van der Waals surface area contributed by atoms with Gasteiger partial charge in [0.15, 0.2) is 0 Å². The van der Waals surface area contributed by atoms with Crippen LogP contribution in [0, 0.1) is 6.92 Å². The Labute approximate surface area is 176 Å². The van der Waals surface area contributed by atoms with Gasteiger partial charge in [0.25, 0.3) is 5.91 Å². The Morgan fingerprint density at radius 1 is 1.13 bits per heavy atom. The maximum Gasteiger partial charge on any atom is 0.325 e. The van der Waals surface area contributed by atoms with Gasteiger partial charge in [0.2, 0.25) is 5.91 Å². The molecule has 4 rings (SSSR count). The summed E-state index contributed by atoms with van der Waals surface area (Å²) >= 11 is 0. The fraction of sp³-hybridized carbons (Fsp3) is 0.375. The molecular weight excluding hydrogens is 378 g/mol. The quantitative estimate of drug-likeness (QED) is 0.778. The van der Waals surface area contributed by atoms with Gasteiger partial charge in [0.1, 0.15) is 12.1 Å². The van der Waals surface area contributed by atoms with Crippen molar-refractivity contribution in [1.29, 1.82) is 0 Å². The number of likely N-dealkylation sites (N-methyl/N-ethyl adjacent to an activating group) is 1. The topological polar surface area (TPSA) is 69.7 Å². The van der Waals surface area contributed by atoms with E-state index in [1.165, 1.54) is 11.1 Å². The lowest BCUT2D eigenvalue weighted by molar-refractivity contribution is -0.138. The highest BCUT2D eigenvalue weighted by Crippen LogP contribution is 2.32. The van der Waals surface area contributed by atoms with Crippen LogP contribution in [0.4, 0.5) is 4.79 Å². The summed E-state index contributed by atoms with van der Waals surface area (Å²) in [6, 6.07) is 13.3. The maximum absolute atomic E-state index is 13.2. The Balaban J connectivity index is 1.48. The number of nitrogens with one attached hydrogen (secondary N) is 1. The number of aryl methyl sites for hydroxylation is 3. The molecule has 156 valence electrons. The largest absolute Gasteiger partial charge is 0.340 e. The number of amides is 4. The van der Waals surface area contributed by atoms with Crippen molar-refractivity contribution in [2.75, 3.05) is 13.6 Å². The Morgan fingerprint density at radius 3 is 2.63 bits per heavy atom. The highest BCUT2D eigenvalue weighted by atomic mass is 16.2. The zero-order valence-corrected chi connectivity index (χ0v) is 17.7. The molecular formula is C24H27N3O3. The number of imide groups is 1. The molecule has 0 saturated carbocycles. The molecule has 0 radical (unpaired) electrons. The summed E-state index contributed by atoms with van der Waals surface area (Å²) in [6.07, 6.45) is 3.16. The zero-order chi connectivity index (χ0) is 21.5. The minimum atomic E-state index is -1.15. The molecule has 2 aromatic rings. The van der Waals surface area contributed by atoms with Crippen molar-refractivity contribution in [2.24, 2.45) is 0 Å². The summed E-state index contributed by atoms with van der Waals surface area (Å²) in [6.45, 7) is 3.86. The number of hydrogen-bond donors (Lipinski definition) is 1. The van der Waals surface area contributed by atoms with Gasteiger partial charge in [-0.3, -0.25) is 14.5 Å². The van der Waals surface area contributed by atoms with Gasteiger partial charge in [-0.05, 0) is 60.9 Å². The standard InChI is InChI=1S/C24H27N3O3/c1-16-7-4-5-8-19(16)14-26(3)21(28)15-27-22(29)24(2,25-23(27)30)20-12-11-17-9-6-10-18(17)13-20/h4-5,7-8,11-13H,6,9-10,14-15H2,1-3H3,(H,25,30). The van der Waals surface area contributed by atoms with E-state index in [0.717, 1.165) is 40.9 Å². The average molecular weight is 405 g/mol. The summed E-state index contributed by atoms with van der Waals surface area (Å²) in [5, 5.41) is 2.81. The van der Waals surface area contributed by atoms with Gasteiger partial charge in [-0.2, -0.15) is 0 Å². The van der Waals surface area contributed by atoms with Crippen molar-refractivity contribution < 1.29 is 14.4 Å². The molecule has 1 fully saturated rings. The fourth-order valence-electron chi connectivity index (χ4n) is 4.31. The van der Waals surface area contributed by atoms with Crippen LogP contribution in [-0.2, 0) is 34.5 Å². The van der Waals surface area contributed by atoms with Gasteiger partial charge in [-0.1, -0.05) is 42.5 Å². The van der Waals surface area contributed by atoms with Crippen molar-refractivity contribution in [3.05, 3.63) is 70.3 Å². The molecule has 6 nitrogen and oxygen atoms in total. The van der Waals surface area contributed by atoms with E-state index in [-0.39, 0.29) is 18.4 Å². The molecule has 1 atom stereocenters. The van der Waals surface area contributed by atoms with Gasteiger partial charge < -0.3 is 10.2 Å². The lowest BCUT2D eigenvalue weighted by atomic mass is 9.89. The highest BCUT2D eigenvalue weighted by molar-refractivity contribution is 6.09. The number of urea groups is 1. The number of rotatable bonds is 5. The molecule has 1 aliphatic heterocycles. The smallest absolute Gasteiger partial charge is 0.325 e. The minimum absolute atomic E-state index is 0.270. The number of nitrogens with zero attached hydrogens (tertiary/aromatic N) is 2. The summed E-state index contributed by atoms with van der Waals surface area (Å²) in [5.41, 5.74) is 4.30. The highest BCUT2D eigenvalue weighted by Gasteiger charge is 2.49. The molecule has 1 saturated heterocycles. The number of hydrogen-bond acceptors (Lipinski definition) is 3. The SMILES string of the molecule is Cc1ccccc1CN(C)C(=O)CN1C(=O)NC(C)(c2ccc3c(c2)CCC3)C1=O. The molecule has 1 unspecified atom stereocenters. The first-order valence-electron chi connectivity index (χ1n) is 10.3. The zero-order valence-electron chi connectivity index (χ0n) is 17.7. The second kappa shape index (κ2) is 7.59. The molecule has 1 heterocycles. The predicted octanol–water partition coefficient (Wildman–Crippen LogP) is 2.91. The van der Waals surface area contributed by atoms with Crippen LogP contribution in [0.25, 0.3) is 0 Å². The third kappa shape index (κ3) is 3.47. The second-order valence-corrected chi connectivity index (χ2v) is 8.46. The first kappa shape index (κ1) is 20.1. The van der Waals surface area contributed by atoms with Crippen LogP contribution in [0.3, 0.4) is 0 Å². The molecule has 2 aromatic carbocycles. The Bertz CT molecular complexity index is 1030. The van der Waals surface area contributed by atoms with Gasteiger partial charge in [-0.15, -0.1) is 0 Å². The molecule has 30 heavy (non-hydrogen) atoms. The van der Waals surface area contributed by atoms with E-state index in [1.807, 2.05) is 49.4 Å². The third-order valence-corrected chi connectivity index (χ3v) is 6.34. The average Bonchev–Trinajstić information content (AvgIpc) is 3.28. The van der Waals surface area contributed by atoms with Crippen LogP contribution in [0.1, 0.15) is 41.2 Å². The molecule has 4 amide bonds. The number of benzene rings is 2. The summed E-state index contributed by atoms with van der Waals surface area (Å²) < 4.78 is 0. The van der Waals surface area contributed by atoms with E-state index >= 15 is 0 Å². The third-order valence-electron chi connectivity index (χ3n) is 6.34. The lowest BCUT2D eigenvalue weighted by Gasteiger charge is -2.24. The van der Waals surface area contributed by atoms with Crippen molar-refractivity contribution in [3.8, 4) is 0 Å². The normalized spacial score (nSPS) is 20.3. The predicted molar refractivity (Wildman–Crippen MR) is 114 cm³/mol. The van der Waals surface area contributed by atoms with Crippen LogP contribution in [-0.4, -0.2) is 41.2 Å². The summed E-state index contributed by atoms with van der Waals surface area (Å²) in [4.78, 5) is 41.1. The Morgan fingerprint density at radius 2 is 1.87 bits per heavy atom. The van der Waals surface area contributed by atoms with E-state index in [9.17, 15) is 14.4 Å². The Hall–Kier alpha value is -3.15. The fourth-order valence-corrected chi connectivity index (χ4v) is 4.31. The minimum Gasteiger partial charge on any atom is -0.340 e. The van der Waals surface area contributed by atoms with E-state index in [0.29, 0.717) is 6.54 Å². The number of fused-ring (bicyclic) bond motifs is 1. The molecule has 2 aliphatic rings. The molecule has 1 N–H and O–H groups in total. The first-order chi connectivity index (χ1) is 14.3. The number of carbonyl (C=O) groups excluding carboxylic acids is 3. The van der Waals surface area contributed by atoms with E-state index in [1.54, 1.807) is 18.9 Å². The van der Waals surface area contributed by atoms with Crippen molar-refractivity contribution in [2.45, 2.75) is 45.2 Å². The monoisotopic (exact) mass is 405 g/mol. The van der Waals surface area contributed by atoms with Crippen molar-refractivity contribution in [1.82, 2.24) is 15.1 Å². The van der Waals surface area contributed by atoms with Gasteiger partial charge in [0.05, 0.1) is 0 Å². The molecule has 0 aromatic heterocycles. The molecule has 0 bridgehead atoms. The van der Waals surface area contributed by atoms with Crippen molar-refractivity contribution >= 4 is 17.8 Å². The van der Waals surface area contributed by atoms with E-state index in [2.05, 4.69) is 5.32 Å². The van der Waals surface area contributed by atoms with Crippen LogP contribution < -0.4 is 5.32 Å². The molecule has 6 heteroatoms. The second-order valence-electron chi connectivity index (χ2n) is 8.46. The van der Waals surface area contributed by atoms with E-state index < -0.39 is 11.6 Å². The molecule has 0 spiro atoms. The number of carbonyl (C=O) groups is 3. The lowest BCUT2D eigenvalue weighted by Crippen LogP contribution is -2.43. The summed E-state index contributed by atoms with van der Waals surface area (Å²) in [7, 11) is 1.69. The Kier molecular flexibility index (Phi) is 5.10. The molecule has 1 aliphatic carbocycles. The van der Waals surface area contributed by atoms with E-state index in [4.69, 9.17) is 0 Å². The van der Waals surface area contributed by atoms with Crippen LogP contribution >= 0.6 is 0 Å². The van der Waals surface area contributed by atoms with Gasteiger partial charge in [0, 0.05) is 13.6 Å². The van der Waals surface area contributed by atoms with Crippen molar-refractivity contribution in [3.63, 3.8) is 0 Å². The van der Waals surface area contributed by atoms with Gasteiger partial charge in [-0.25, -0.2) is 4.79 Å². The van der Waals surface area contributed by atoms with Crippen LogP contribution in [0.2, 0.25) is 0 Å². The summed E-state index contributed by atoms with van der Waals surface area (Å²) in [5.74, 6) is -0.664. The van der Waals surface area contributed by atoms with Gasteiger partial charge >= 0.3 is 6.03 Å². The van der Waals surface area contributed by atoms with Crippen LogP contribution in [0.15, 0.2) is 42.5 Å². The maximum atomic E-state index is 13.2. The first-order valence-corrected chi connectivity index (χ1v) is 10.3. The van der Waals surface area contributed by atoms with Crippen LogP contribution in [0.5, 0.6) is 0 Å².